The fourth-order valence-corrected chi connectivity index (χ4v) is 2.47. The first-order valence-electron chi connectivity index (χ1n) is 6.14. The summed E-state index contributed by atoms with van der Waals surface area (Å²) in [5, 5.41) is -0.0535. The van der Waals surface area contributed by atoms with Gasteiger partial charge >= 0.3 is 0 Å². The predicted octanol–water partition coefficient (Wildman–Crippen LogP) is 2.43. The van der Waals surface area contributed by atoms with Crippen LogP contribution in [0.2, 0.25) is 0 Å². The number of hydrogen-bond donors (Lipinski definition) is 0. The normalized spacial score (nSPS) is 20.8. The average molecular weight is 279 g/mol. The van der Waals surface area contributed by atoms with Gasteiger partial charge in [0.1, 0.15) is 6.10 Å². The smallest absolute Gasteiger partial charge is 0.202 e. The third-order valence-electron chi connectivity index (χ3n) is 3.74. The van der Waals surface area contributed by atoms with E-state index in [4.69, 9.17) is 4.74 Å². The molecule has 4 nitrogen and oxygen atoms in total. The van der Waals surface area contributed by atoms with Crippen molar-refractivity contribution >= 4 is 17.2 Å². The molecule has 0 saturated heterocycles. The summed E-state index contributed by atoms with van der Waals surface area (Å²) in [5.74, 6) is -2.57. The first-order valence-corrected chi connectivity index (χ1v) is 6.14. The maximum atomic E-state index is 13.9. The van der Waals surface area contributed by atoms with Gasteiger partial charge in [-0.25, -0.2) is 4.39 Å². The van der Waals surface area contributed by atoms with Crippen molar-refractivity contribution in [3.05, 3.63) is 39.7 Å². The number of rotatable bonds is 1. The van der Waals surface area contributed by atoms with E-state index in [0.717, 1.165) is 6.07 Å². The summed E-state index contributed by atoms with van der Waals surface area (Å²) in [6.45, 7) is 3.52. The van der Waals surface area contributed by atoms with Crippen LogP contribution in [-0.2, 0) is 0 Å². The third-order valence-corrected chi connectivity index (χ3v) is 3.74. The Morgan fingerprint density at radius 2 is 2.05 bits per heavy atom. The zero-order chi connectivity index (χ0) is 14.6. The topological polar surface area (TPSA) is 48.3 Å². The van der Waals surface area contributed by atoms with Crippen LogP contribution in [0.25, 0.3) is 10.9 Å². The number of hydrogen-bond acceptors (Lipinski definition) is 3. The minimum absolute atomic E-state index is 0.0535. The predicted molar refractivity (Wildman–Crippen MR) is 68.3 cm³/mol. The highest BCUT2D eigenvalue weighted by Crippen LogP contribution is 2.37. The van der Waals surface area contributed by atoms with Crippen molar-refractivity contribution in [1.29, 1.82) is 0 Å². The monoisotopic (exact) mass is 279 g/mol. The van der Waals surface area contributed by atoms with Crippen LogP contribution < -0.4 is 10.2 Å². The van der Waals surface area contributed by atoms with Crippen LogP contribution in [0.3, 0.4) is 0 Å². The van der Waals surface area contributed by atoms with E-state index in [1.165, 1.54) is 6.20 Å². The van der Waals surface area contributed by atoms with Crippen LogP contribution in [0.1, 0.15) is 30.2 Å². The number of benzene rings is 1. The Balaban J connectivity index is 2.57. The van der Waals surface area contributed by atoms with E-state index in [0.29, 0.717) is 6.29 Å². The van der Waals surface area contributed by atoms with Crippen molar-refractivity contribution in [2.45, 2.75) is 26.0 Å². The van der Waals surface area contributed by atoms with Crippen LogP contribution in [-0.4, -0.2) is 17.0 Å². The lowest BCUT2D eigenvalue weighted by atomic mass is 10.1. The minimum atomic E-state index is -1.17. The van der Waals surface area contributed by atoms with Gasteiger partial charge in [0.2, 0.25) is 5.82 Å². The fourth-order valence-electron chi connectivity index (χ4n) is 2.47. The van der Waals surface area contributed by atoms with Gasteiger partial charge in [0.25, 0.3) is 0 Å². The van der Waals surface area contributed by atoms with Crippen LogP contribution in [0.15, 0.2) is 17.1 Å². The second-order valence-electron chi connectivity index (χ2n) is 4.90. The highest BCUT2D eigenvalue weighted by atomic mass is 19.2. The van der Waals surface area contributed by atoms with E-state index in [1.807, 2.05) is 6.92 Å². The van der Waals surface area contributed by atoms with Crippen LogP contribution in [0.5, 0.6) is 5.75 Å². The maximum absolute atomic E-state index is 13.9. The van der Waals surface area contributed by atoms with E-state index in [1.54, 1.807) is 11.5 Å². The van der Waals surface area contributed by atoms with Crippen LogP contribution in [0.4, 0.5) is 8.78 Å². The Morgan fingerprint density at radius 1 is 1.35 bits per heavy atom. The Hall–Kier alpha value is -2.24. The molecule has 0 aliphatic carbocycles. The molecule has 1 aromatic heterocycles. The van der Waals surface area contributed by atoms with Crippen molar-refractivity contribution < 1.29 is 18.3 Å². The lowest BCUT2D eigenvalue weighted by Crippen LogP contribution is -2.32. The summed E-state index contributed by atoms with van der Waals surface area (Å²) in [5.41, 5.74) is -0.530. The molecule has 2 unspecified atom stereocenters. The van der Waals surface area contributed by atoms with Gasteiger partial charge in [-0.05, 0) is 19.9 Å². The molecule has 0 radical (unpaired) electrons. The number of ether oxygens (including phenoxy) is 1. The summed E-state index contributed by atoms with van der Waals surface area (Å²) in [4.78, 5) is 23.0. The number of pyridine rings is 1. The van der Waals surface area contributed by atoms with Gasteiger partial charge in [-0.15, -0.1) is 0 Å². The second-order valence-corrected chi connectivity index (χ2v) is 4.90. The summed E-state index contributed by atoms with van der Waals surface area (Å²) < 4.78 is 34.5. The average Bonchev–Trinajstić information content (AvgIpc) is 2.43. The van der Waals surface area contributed by atoms with Gasteiger partial charge in [-0.3, -0.25) is 9.59 Å². The molecule has 3 rings (SSSR count). The summed E-state index contributed by atoms with van der Waals surface area (Å²) in [6, 6.07) is 0.598. The summed E-state index contributed by atoms with van der Waals surface area (Å²) in [7, 11) is 0. The molecule has 0 spiro atoms. The molecule has 0 fully saturated rings. The second kappa shape index (κ2) is 4.13. The number of carbonyl (C=O) groups excluding carboxylic acids is 1. The van der Waals surface area contributed by atoms with Crippen molar-refractivity contribution in [2.75, 3.05) is 0 Å². The molecule has 2 heterocycles. The van der Waals surface area contributed by atoms with Gasteiger partial charge in [0.05, 0.1) is 22.5 Å². The number of halogens is 2. The Bertz CT molecular complexity index is 797. The lowest BCUT2D eigenvalue weighted by Gasteiger charge is -2.32. The van der Waals surface area contributed by atoms with E-state index in [9.17, 15) is 18.4 Å². The Labute approximate surface area is 112 Å². The van der Waals surface area contributed by atoms with E-state index >= 15 is 0 Å². The standard InChI is InChI=1S/C14H11F2NO3/c1-6-7(2)20-14-11(16)10(15)3-9-12(14)17(6)4-8(5-18)13(9)19/h3-7H,1-2H3. The fraction of sp³-hybridized carbons (Fsp3) is 0.286. The minimum Gasteiger partial charge on any atom is -0.483 e. The third kappa shape index (κ3) is 1.51. The molecule has 2 atom stereocenters. The molecular formula is C14H11F2NO3. The SMILES string of the molecule is CC1Oc2c(F)c(F)cc3c(=O)c(C=O)cn(c23)C1C. The van der Waals surface area contributed by atoms with Crippen molar-refractivity contribution in [1.82, 2.24) is 4.57 Å². The van der Waals surface area contributed by atoms with Gasteiger partial charge in [-0.1, -0.05) is 0 Å². The highest BCUT2D eigenvalue weighted by molar-refractivity contribution is 5.90. The van der Waals surface area contributed by atoms with E-state index in [-0.39, 0.29) is 28.3 Å². The van der Waals surface area contributed by atoms with Gasteiger partial charge in [-0.2, -0.15) is 4.39 Å². The number of carbonyl (C=O) groups is 1. The molecule has 1 aromatic carbocycles. The number of nitrogens with zero attached hydrogens (tertiary/aromatic N) is 1. The molecule has 0 amide bonds. The number of aldehydes is 1. The van der Waals surface area contributed by atoms with Gasteiger partial charge < -0.3 is 9.30 Å². The first-order chi connectivity index (χ1) is 9.45. The summed E-state index contributed by atoms with van der Waals surface area (Å²) in [6.07, 6.45) is 1.37. The van der Waals surface area contributed by atoms with E-state index in [2.05, 4.69) is 0 Å². The highest BCUT2D eigenvalue weighted by Gasteiger charge is 2.30. The van der Waals surface area contributed by atoms with Gasteiger partial charge in [0, 0.05) is 6.20 Å². The molecule has 6 heteroatoms. The molecule has 0 N–H and O–H groups in total. The largest absolute Gasteiger partial charge is 0.483 e. The quantitative estimate of drug-likeness (QED) is 0.753. The van der Waals surface area contributed by atoms with Crippen molar-refractivity contribution in [3.63, 3.8) is 0 Å². The van der Waals surface area contributed by atoms with Crippen LogP contribution in [0, 0.1) is 11.6 Å². The van der Waals surface area contributed by atoms with Crippen molar-refractivity contribution in [2.24, 2.45) is 0 Å². The van der Waals surface area contributed by atoms with Crippen molar-refractivity contribution in [3.8, 4) is 5.75 Å². The molecular weight excluding hydrogens is 268 g/mol. The zero-order valence-electron chi connectivity index (χ0n) is 10.8. The first kappa shape index (κ1) is 12.8. The van der Waals surface area contributed by atoms with Gasteiger partial charge in [0.15, 0.2) is 23.3 Å². The molecule has 0 bridgehead atoms. The molecule has 1 aliphatic rings. The Morgan fingerprint density at radius 3 is 2.70 bits per heavy atom. The molecule has 1 aliphatic heterocycles. The maximum Gasteiger partial charge on any atom is 0.202 e. The molecule has 2 aromatic rings. The molecule has 104 valence electrons. The lowest BCUT2D eigenvalue weighted by molar-refractivity contribution is 0.111. The zero-order valence-corrected chi connectivity index (χ0v) is 10.8. The number of aromatic nitrogens is 1. The van der Waals surface area contributed by atoms with Crippen LogP contribution >= 0.6 is 0 Å². The Kier molecular flexibility index (Phi) is 2.64. The molecule has 0 saturated carbocycles. The van der Waals surface area contributed by atoms with E-state index < -0.39 is 23.2 Å². The molecule has 20 heavy (non-hydrogen) atoms. The summed E-state index contributed by atoms with van der Waals surface area (Å²) >= 11 is 0.